The van der Waals surface area contributed by atoms with Crippen LogP contribution >= 0.6 is 0 Å². The number of ether oxygens (including phenoxy) is 3. The summed E-state index contributed by atoms with van der Waals surface area (Å²) in [5.74, 6) is 0. The van der Waals surface area contributed by atoms with E-state index >= 15 is 0 Å². The number of hydrogen-bond acceptors (Lipinski definition) is 11. The molecule has 2 heterocycles. The number of hydrogen-bond donors (Lipinski definition) is 8. The van der Waals surface area contributed by atoms with Gasteiger partial charge in [-0.1, -0.05) is 0 Å². The lowest BCUT2D eigenvalue weighted by Crippen LogP contribution is -2.66. The Morgan fingerprint density at radius 3 is 2.17 bits per heavy atom. The van der Waals surface area contributed by atoms with Gasteiger partial charge in [0.15, 0.2) is 12.6 Å². The van der Waals surface area contributed by atoms with E-state index in [1.165, 1.54) is 0 Å². The maximum atomic E-state index is 10.6. The number of nitrogens with two attached hydrogens (primary N) is 1. The van der Waals surface area contributed by atoms with Gasteiger partial charge in [0.2, 0.25) is 0 Å². The second-order valence-corrected chi connectivity index (χ2v) is 4.97. The summed E-state index contributed by atoms with van der Waals surface area (Å²) in [6, 6.07) is -3.73. The summed E-state index contributed by atoms with van der Waals surface area (Å²) in [6.45, 7) is -2.17. The zero-order valence-corrected chi connectivity index (χ0v) is 11.7. The summed E-state index contributed by atoms with van der Waals surface area (Å²) in [5, 5.41) is 68.9. The minimum absolute atomic E-state index is 0.777. The van der Waals surface area contributed by atoms with Crippen LogP contribution in [0.15, 0.2) is 0 Å². The Morgan fingerprint density at radius 1 is 0.957 bits per heavy atom. The Bertz CT molecular complexity index is 602. The second kappa shape index (κ2) is 7.63. The fourth-order valence-electron chi connectivity index (χ4n) is 2.16. The van der Waals surface area contributed by atoms with Crippen molar-refractivity contribution >= 4 is 0 Å². The van der Waals surface area contributed by atoms with Crippen LogP contribution < -0.4 is 5.72 Å². The zero-order valence-electron chi connectivity index (χ0n) is 17.7. The molecule has 0 aromatic rings. The molecule has 11 nitrogen and oxygen atoms in total. The summed E-state index contributed by atoms with van der Waals surface area (Å²) in [7, 11) is 0. The van der Waals surface area contributed by atoms with Crippen LogP contribution in [0, 0.1) is 0 Å². The molecule has 11 heteroatoms. The van der Waals surface area contributed by atoms with Crippen LogP contribution in [0.2, 0.25) is 2.82 Å². The molecule has 0 saturated carbocycles. The first-order valence-electron chi connectivity index (χ1n) is 9.51. The quantitative estimate of drug-likeness (QED) is 0.236. The standard InChI is InChI=1S/C12H23NO10/c13-5-7(17)10(4(2-15)21-11(5)20)23-12-9(19)8(18)6(16)3(1-14)22-12/h3-12,14-20H,1-2,13H2/t3-,4-,5-,6+,7-,8+,9-,10-,11?,12+/m1/s1/i5D,7D,10D,11D/hD2. The van der Waals surface area contributed by atoms with Crippen molar-refractivity contribution in [2.75, 3.05) is 13.2 Å². The molecule has 0 radical (unpaired) electrons. The third-order valence-electron chi connectivity index (χ3n) is 3.46. The van der Waals surface area contributed by atoms with Crippen LogP contribution in [0.4, 0.5) is 0 Å². The van der Waals surface area contributed by atoms with Gasteiger partial charge >= 0.3 is 0 Å². The number of rotatable bonds is 5. The molecule has 1 unspecified atom stereocenters. The van der Waals surface area contributed by atoms with Crippen molar-refractivity contribution < 1.29 is 58.3 Å². The summed E-state index contributed by atoms with van der Waals surface area (Å²) in [5.41, 5.74) is -0.777. The lowest BCUT2D eigenvalue weighted by atomic mass is 9.96. The first kappa shape index (κ1) is 12.0. The van der Waals surface area contributed by atoms with Gasteiger partial charge in [-0.3, -0.25) is 0 Å². The smallest absolute Gasteiger partial charge is 0.187 e. The van der Waals surface area contributed by atoms with E-state index in [1.807, 2.05) is 0 Å². The Labute approximate surface area is 140 Å². The fourth-order valence-corrected chi connectivity index (χ4v) is 2.16. The molecule has 23 heavy (non-hydrogen) atoms. The zero-order chi connectivity index (χ0) is 22.6. The third-order valence-corrected chi connectivity index (χ3v) is 3.46. The largest absolute Gasteiger partial charge is 0.394 e. The van der Waals surface area contributed by atoms with Crippen LogP contribution in [0.1, 0.15) is 5.48 Å². The Morgan fingerprint density at radius 2 is 1.61 bits per heavy atom. The lowest BCUT2D eigenvalue weighted by Gasteiger charge is -2.45. The van der Waals surface area contributed by atoms with E-state index < -0.39 is 80.2 Å². The molecule has 2 aliphatic rings. The predicted molar refractivity (Wildman–Crippen MR) is 70.6 cm³/mol. The van der Waals surface area contributed by atoms with E-state index in [-0.39, 0.29) is 0 Å². The molecular weight excluding hydrogens is 318 g/mol. The van der Waals surface area contributed by atoms with Crippen LogP contribution in [-0.2, 0) is 14.2 Å². The molecule has 2 aliphatic heterocycles. The van der Waals surface area contributed by atoms with Gasteiger partial charge in [0, 0.05) is 0 Å². The van der Waals surface area contributed by atoms with Gasteiger partial charge < -0.3 is 55.7 Å². The first-order chi connectivity index (χ1) is 13.1. The molecule has 2 rings (SSSR count). The molecule has 2 fully saturated rings. The van der Waals surface area contributed by atoms with Crippen LogP contribution in [-0.4, -0.2) is 110 Å². The molecule has 0 aliphatic carbocycles. The third kappa shape index (κ3) is 3.65. The van der Waals surface area contributed by atoms with Crippen molar-refractivity contribution in [1.82, 2.24) is 0 Å². The highest BCUT2D eigenvalue weighted by Crippen LogP contribution is 2.27. The van der Waals surface area contributed by atoms with Crippen molar-refractivity contribution in [3.63, 3.8) is 0 Å². The molecular formula is C12H23NO10. The summed E-state index contributed by atoms with van der Waals surface area (Å²) >= 11 is 0. The van der Waals surface area contributed by atoms with Crippen molar-refractivity contribution in [2.45, 2.75) is 61.3 Å². The molecule has 10 atom stereocenters. The van der Waals surface area contributed by atoms with Gasteiger partial charge in [-0.05, 0) is 0 Å². The Hall–Kier alpha value is -0.440. The Balaban J connectivity index is 2.50. The normalized spacial score (nSPS) is 68.3. The summed E-state index contributed by atoms with van der Waals surface area (Å²) in [4.78, 5) is 0. The predicted octanol–water partition coefficient (Wildman–Crippen LogP) is -5.43. The minimum atomic E-state index is -3.88. The molecule has 0 bridgehead atoms. The highest BCUT2D eigenvalue weighted by Gasteiger charge is 2.49. The van der Waals surface area contributed by atoms with Gasteiger partial charge in [0.1, 0.15) is 45.5 Å². The first-order valence-corrected chi connectivity index (χ1v) is 6.62. The van der Waals surface area contributed by atoms with Crippen molar-refractivity contribution in [3.8, 4) is 0 Å². The lowest BCUT2D eigenvalue weighted by molar-refractivity contribution is -0.344. The Kier molecular flexibility index (Phi) is 3.98. The summed E-state index contributed by atoms with van der Waals surface area (Å²) in [6.07, 6.45) is -22.8. The van der Waals surface area contributed by atoms with Gasteiger partial charge in [-0.15, -0.1) is 0 Å². The number of aliphatic hydroxyl groups excluding tert-OH is 5. The molecule has 0 amide bonds. The van der Waals surface area contributed by atoms with Gasteiger partial charge in [0.05, 0.1) is 24.7 Å². The van der Waals surface area contributed by atoms with Crippen molar-refractivity contribution in [2.24, 2.45) is 5.72 Å². The van der Waals surface area contributed by atoms with Crippen LogP contribution in [0.3, 0.4) is 0 Å². The van der Waals surface area contributed by atoms with Gasteiger partial charge in [0.25, 0.3) is 0 Å². The van der Waals surface area contributed by atoms with E-state index in [1.54, 1.807) is 0 Å². The van der Waals surface area contributed by atoms with Crippen molar-refractivity contribution in [1.29, 1.82) is 0 Å². The van der Waals surface area contributed by atoms with E-state index in [9.17, 15) is 35.7 Å². The minimum Gasteiger partial charge on any atom is -0.394 e. The maximum Gasteiger partial charge on any atom is 0.187 e. The van der Waals surface area contributed by atoms with Gasteiger partial charge in [-0.25, -0.2) is 0 Å². The SMILES string of the molecule is [2H]N([2H])[C@@]1([2H])C([2H])(O)O[C@H](CO)[C@@]([2H])(O[C@@H]2O[C@H](CO)[C@H](O)[C@H](O)[C@H]2O)[C@]1([2H])O. The molecule has 9 N–H and O–H groups in total. The van der Waals surface area contributed by atoms with E-state index in [0.29, 0.717) is 0 Å². The van der Waals surface area contributed by atoms with Crippen LogP contribution in [0.5, 0.6) is 0 Å². The average Bonchev–Trinajstić information content (AvgIpc) is 2.64. The van der Waals surface area contributed by atoms with E-state index in [2.05, 4.69) is 4.74 Å². The highest BCUT2D eigenvalue weighted by molar-refractivity contribution is 4.94. The molecule has 136 valence electrons. The van der Waals surface area contributed by atoms with Gasteiger partial charge in [-0.2, -0.15) is 0 Å². The molecule has 0 spiro atoms. The molecule has 0 aromatic heterocycles. The van der Waals surface area contributed by atoms with E-state index in [0.717, 1.165) is 0 Å². The second-order valence-electron chi connectivity index (χ2n) is 4.97. The topological polar surface area (TPSA) is 195 Å². The molecule has 2 saturated heterocycles. The fraction of sp³-hybridized carbons (Fsp3) is 1.00. The summed E-state index contributed by atoms with van der Waals surface area (Å²) < 4.78 is 61.1. The van der Waals surface area contributed by atoms with Crippen LogP contribution in [0.25, 0.3) is 0 Å². The average molecular weight is 347 g/mol. The van der Waals surface area contributed by atoms with Crippen molar-refractivity contribution in [3.05, 3.63) is 0 Å². The monoisotopic (exact) mass is 347 g/mol. The highest BCUT2D eigenvalue weighted by atomic mass is 16.7. The molecule has 0 aromatic carbocycles. The number of aliphatic hydroxyl groups is 7. The van der Waals surface area contributed by atoms with E-state index in [4.69, 9.17) is 17.8 Å². The maximum absolute atomic E-state index is 10.6.